The van der Waals surface area contributed by atoms with Crippen molar-refractivity contribution in [1.82, 2.24) is 0 Å². The Balaban J connectivity index is 1.21. The largest absolute Gasteiger partial charge is 0.456 e. The van der Waals surface area contributed by atoms with Crippen LogP contribution in [0.3, 0.4) is 0 Å². The molecule has 37 heavy (non-hydrogen) atoms. The molecule has 202 valence electrons. The van der Waals surface area contributed by atoms with Crippen molar-refractivity contribution in [2.75, 3.05) is 0 Å². The number of ketones is 1. The number of hydrogen-bond donors (Lipinski definition) is 0. The molecular weight excluding hydrogens is 456 g/mol. The topological polar surface area (TPSA) is 43.4 Å². The van der Waals surface area contributed by atoms with E-state index in [2.05, 4.69) is 33.8 Å². The van der Waals surface area contributed by atoms with Crippen LogP contribution in [0.25, 0.3) is 0 Å². The molecule has 0 radical (unpaired) electrons. The lowest BCUT2D eigenvalue weighted by atomic mass is 9.50. The van der Waals surface area contributed by atoms with Crippen LogP contribution < -0.4 is 0 Å². The van der Waals surface area contributed by atoms with Crippen molar-refractivity contribution < 1.29 is 14.3 Å². The highest BCUT2D eigenvalue weighted by molar-refractivity contribution is 6.40. The molecule has 0 amide bonds. The lowest BCUT2D eigenvalue weighted by molar-refractivity contribution is -0.145. The van der Waals surface area contributed by atoms with Crippen molar-refractivity contribution in [1.29, 1.82) is 0 Å². The summed E-state index contributed by atoms with van der Waals surface area (Å²) >= 11 is 0. The van der Waals surface area contributed by atoms with Crippen LogP contribution in [0.15, 0.2) is 42.0 Å². The van der Waals surface area contributed by atoms with Crippen LogP contribution in [0.4, 0.5) is 0 Å². The van der Waals surface area contributed by atoms with E-state index in [4.69, 9.17) is 4.74 Å². The van der Waals surface area contributed by atoms with Gasteiger partial charge in [-0.2, -0.15) is 0 Å². The predicted octanol–water partition coefficient (Wildman–Crippen LogP) is 8.43. The summed E-state index contributed by atoms with van der Waals surface area (Å²) in [5, 5.41) is 0. The van der Waals surface area contributed by atoms with Crippen LogP contribution in [0.1, 0.15) is 109 Å². The Hall–Kier alpha value is -1.90. The molecule has 8 atom stereocenters. The second-order valence-corrected chi connectivity index (χ2v) is 13.6. The first-order chi connectivity index (χ1) is 17.8. The molecule has 3 nitrogen and oxygen atoms in total. The fourth-order valence-electron chi connectivity index (χ4n) is 9.11. The van der Waals surface area contributed by atoms with Gasteiger partial charge in [0.2, 0.25) is 0 Å². The van der Waals surface area contributed by atoms with E-state index in [0.29, 0.717) is 5.56 Å². The Morgan fingerprint density at radius 2 is 1.70 bits per heavy atom. The minimum absolute atomic E-state index is 0.171. The molecule has 0 heterocycles. The van der Waals surface area contributed by atoms with E-state index in [1.165, 1.54) is 56.9 Å². The zero-order valence-electron chi connectivity index (χ0n) is 23.6. The summed E-state index contributed by atoms with van der Waals surface area (Å²) in [5.41, 5.74) is 2.15. The molecule has 0 saturated heterocycles. The number of Topliss-reactive ketones (excluding diaryl/α,β-unsaturated/α-hetero) is 1. The zero-order valence-corrected chi connectivity index (χ0v) is 23.6. The van der Waals surface area contributed by atoms with Crippen LogP contribution in [0.2, 0.25) is 0 Å². The summed E-state index contributed by atoms with van der Waals surface area (Å²) in [6, 6.07) is 8.78. The van der Waals surface area contributed by atoms with Crippen molar-refractivity contribution in [3.05, 3.63) is 47.5 Å². The summed E-state index contributed by atoms with van der Waals surface area (Å²) < 4.78 is 5.76. The number of carbonyl (C=O) groups excluding carboxylic acids is 2. The van der Waals surface area contributed by atoms with Crippen LogP contribution in [0, 0.1) is 46.8 Å². The number of ether oxygens (including phenoxy) is 1. The van der Waals surface area contributed by atoms with Gasteiger partial charge in [0.1, 0.15) is 6.10 Å². The number of benzene rings is 1. The van der Waals surface area contributed by atoms with Gasteiger partial charge in [0.15, 0.2) is 0 Å². The Kier molecular flexibility index (Phi) is 7.99. The normalized spacial score (nSPS) is 35.6. The van der Waals surface area contributed by atoms with Crippen molar-refractivity contribution >= 4 is 11.8 Å². The number of fused-ring (bicyclic) bond motifs is 5. The minimum Gasteiger partial charge on any atom is -0.456 e. The predicted molar refractivity (Wildman–Crippen MR) is 149 cm³/mol. The molecule has 1 aromatic rings. The van der Waals surface area contributed by atoms with Crippen molar-refractivity contribution in [3.63, 3.8) is 0 Å². The molecule has 0 spiro atoms. The maximum Gasteiger partial charge on any atom is 0.379 e. The highest BCUT2D eigenvalue weighted by Crippen LogP contribution is 2.63. The SMILES string of the molecule is CC(C)CCC[C@@H](C)[C@H]1CC[C@@H]2[C@@H]1CC[C@H]1[C@H]2CC=C2C[C@@H](OC(=O)C(=O)c3ccccc3)CC[C@@]21C. The number of esters is 1. The minimum atomic E-state index is -0.700. The summed E-state index contributed by atoms with van der Waals surface area (Å²) in [6.45, 7) is 9.75. The Labute approximate surface area is 224 Å². The fraction of sp³-hybridized carbons (Fsp3) is 0.706. The molecule has 5 rings (SSSR count). The summed E-state index contributed by atoms with van der Waals surface area (Å²) in [5.74, 6) is 4.86. The summed E-state index contributed by atoms with van der Waals surface area (Å²) in [7, 11) is 0. The van der Waals surface area contributed by atoms with Gasteiger partial charge < -0.3 is 4.74 Å². The van der Waals surface area contributed by atoms with Gasteiger partial charge in [-0.1, -0.05) is 88.9 Å². The molecule has 0 aliphatic heterocycles. The summed E-state index contributed by atoms with van der Waals surface area (Å²) in [6.07, 6.45) is 16.2. The highest BCUT2D eigenvalue weighted by atomic mass is 16.5. The van der Waals surface area contributed by atoms with Crippen LogP contribution in [-0.4, -0.2) is 17.9 Å². The van der Waals surface area contributed by atoms with Gasteiger partial charge in [-0.3, -0.25) is 4.79 Å². The van der Waals surface area contributed by atoms with Gasteiger partial charge >= 0.3 is 5.97 Å². The fourth-order valence-corrected chi connectivity index (χ4v) is 9.11. The molecule has 4 aliphatic rings. The van der Waals surface area contributed by atoms with E-state index >= 15 is 0 Å². The van der Waals surface area contributed by atoms with E-state index < -0.39 is 11.8 Å². The number of rotatable bonds is 8. The smallest absolute Gasteiger partial charge is 0.379 e. The highest BCUT2D eigenvalue weighted by Gasteiger charge is 2.54. The third-order valence-electron chi connectivity index (χ3n) is 11.1. The number of allylic oxidation sites excluding steroid dienone is 1. The Morgan fingerprint density at radius 1 is 0.946 bits per heavy atom. The number of carbonyl (C=O) groups is 2. The van der Waals surface area contributed by atoms with Gasteiger partial charge in [-0.05, 0) is 91.8 Å². The van der Waals surface area contributed by atoms with Crippen LogP contribution in [0.5, 0.6) is 0 Å². The molecule has 3 heteroatoms. The van der Waals surface area contributed by atoms with E-state index in [1.54, 1.807) is 24.3 Å². The molecule has 3 saturated carbocycles. The average Bonchev–Trinajstić information content (AvgIpc) is 3.33. The van der Waals surface area contributed by atoms with Gasteiger partial charge in [-0.15, -0.1) is 0 Å². The van der Waals surface area contributed by atoms with Gasteiger partial charge in [-0.25, -0.2) is 4.79 Å². The first-order valence-corrected chi connectivity index (χ1v) is 15.3. The first-order valence-electron chi connectivity index (χ1n) is 15.3. The van der Waals surface area contributed by atoms with E-state index in [0.717, 1.165) is 60.7 Å². The lowest BCUT2D eigenvalue weighted by Gasteiger charge is -2.55. The standard InChI is InChI=1S/C34H48O3/c1-22(2)9-8-10-23(3)27-15-16-29-28(27)17-18-31-30(29)14-13-25-21-26(19-20-34(25,31)4)37-33(36)32(35)24-11-6-5-7-12-24/h5-7,11-13,22-23,26-31H,8-10,14-21H2,1-4H3/t23-,26+,27-,28-,29-,30+,31+,34+/m1/s1. The van der Waals surface area contributed by atoms with E-state index in [1.807, 2.05) is 6.07 Å². The second kappa shape index (κ2) is 11.1. The van der Waals surface area contributed by atoms with Gasteiger partial charge in [0.25, 0.3) is 5.78 Å². The number of hydrogen-bond acceptors (Lipinski definition) is 3. The van der Waals surface area contributed by atoms with Crippen molar-refractivity contribution in [3.8, 4) is 0 Å². The van der Waals surface area contributed by atoms with Crippen molar-refractivity contribution in [2.45, 2.75) is 104 Å². The van der Waals surface area contributed by atoms with Gasteiger partial charge in [0.05, 0.1) is 0 Å². The maximum atomic E-state index is 12.6. The molecule has 0 bridgehead atoms. The second-order valence-electron chi connectivity index (χ2n) is 13.6. The first kappa shape index (κ1) is 26.7. The third kappa shape index (κ3) is 5.34. The van der Waals surface area contributed by atoms with Crippen molar-refractivity contribution in [2.24, 2.45) is 46.8 Å². The van der Waals surface area contributed by atoms with Gasteiger partial charge in [0, 0.05) is 12.0 Å². The zero-order chi connectivity index (χ0) is 26.2. The molecule has 4 aliphatic carbocycles. The summed E-state index contributed by atoms with van der Waals surface area (Å²) in [4.78, 5) is 25.1. The quantitative estimate of drug-likeness (QED) is 0.154. The van der Waals surface area contributed by atoms with Crippen LogP contribution >= 0.6 is 0 Å². The third-order valence-corrected chi connectivity index (χ3v) is 11.1. The van der Waals surface area contributed by atoms with E-state index in [-0.39, 0.29) is 11.5 Å². The van der Waals surface area contributed by atoms with Crippen LogP contribution in [-0.2, 0) is 9.53 Å². The molecular formula is C34H48O3. The average molecular weight is 505 g/mol. The maximum absolute atomic E-state index is 12.6. The molecule has 0 unspecified atom stereocenters. The van der Waals surface area contributed by atoms with E-state index in [9.17, 15) is 9.59 Å². The monoisotopic (exact) mass is 504 g/mol. The lowest BCUT2D eigenvalue weighted by Crippen LogP contribution is -2.48. The molecule has 3 fully saturated rings. The Bertz CT molecular complexity index is 994. The molecule has 0 aromatic heterocycles. The molecule has 0 N–H and O–H groups in total. The molecule has 1 aromatic carbocycles. The Morgan fingerprint density at radius 3 is 2.46 bits per heavy atom.